The van der Waals surface area contributed by atoms with Crippen molar-refractivity contribution >= 4 is 31.4 Å². The molecule has 0 fully saturated rings. The Hall–Kier alpha value is -0.851. The fourth-order valence-electron chi connectivity index (χ4n) is 1.22. The van der Waals surface area contributed by atoms with Crippen molar-refractivity contribution in [1.82, 2.24) is 4.98 Å². The second-order valence-corrected chi connectivity index (χ2v) is 3.70. The minimum absolute atomic E-state index is 1.06. The molecule has 2 rings (SSSR count). The molecule has 0 saturated carbocycles. The van der Waals surface area contributed by atoms with Crippen molar-refractivity contribution in [3.8, 4) is 0 Å². The van der Waals surface area contributed by atoms with E-state index >= 15 is 0 Å². The molecule has 0 aliphatic heterocycles. The van der Waals surface area contributed by atoms with Crippen molar-refractivity contribution in [2.24, 2.45) is 0 Å². The molecule has 1 aromatic carbocycles. The molecule has 0 bridgehead atoms. The van der Waals surface area contributed by atoms with E-state index in [1.165, 1.54) is 5.39 Å². The van der Waals surface area contributed by atoms with Gasteiger partial charge in [-0.05, 0) is 0 Å². The van der Waals surface area contributed by atoms with Crippen molar-refractivity contribution in [3.63, 3.8) is 0 Å². The predicted octanol–water partition coefficient (Wildman–Crippen LogP) is 1.34. The van der Waals surface area contributed by atoms with Gasteiger partial charge in [0.15, 0.2) is 0 Å². The molecule has 2 aromatic rings. The van der Waals surface area contributed by atoms with Crippen LogP contribution in [0.1, 0.15) is 5.69 Å². The van der Waals surface area contributed by atoms with Crippen LogP contribution >= 0.6 is 0 Å². The molecule has 0 saturated heterocycles. The van der Waals surface area contributed by atoms with Crippen LogP contribution in [-0.4, -0.2) is 21.0 Å². The van der Waals surface area contributed by atoms with Crippen LogP contribution in [0.25, 0.3) is 10.9 Å². The van der Waals surface area contributed by atoms with Gasteiger partial charge in [0.1, 0.15) is 0 Å². The fourth-order valence-corrected chi connectivity index (χ4v) is 1.73. The summed E-state index contributed by atoms with van der Waals surface area (Å²) < 4.78 is 1.12. The molecule has 0 unspecified atom stereocenters. The van der Waals surface area contributed by atoms with Gasteiger partial charge in [-0.25, -0.2) is 0 Å². The topological polar surface area (TPSA) is 12.9 Å². The Bertz CT molecular complexity index is 423. The molecular weight excluding hydrogens is 213 g/mol. The molecule has 1 heterocycles. The van der Waals surface area contributed by atoms with Crippen LogP contribution in [0.2, 0.25) is 0 Å². The number of hydrogen-bond acceptors (Lipinski definition) is 1. The van der Waals surface area contributed by atoms with Gasteiger partial charge in [0, 0.05) is 0 Å². The van der Waals surface area contributed by atoms with Gasteiger partial charge in [-0.3, -0.25) is 0 Å². The summed E-state index contributed by atoms with van der Waals surface area (Å²) in [5.74, 6) is 0. The number of rotatable bonds is 0. The molecule has 59 valence electrons. The summed E-state index contributed by atoms with van der Waals surface area (Å²) in [6.45, 7) is 2.01. The molecule has 0 aliphatic carbocycles. The van der Waals surface area contributed by atoms with Crippen LogP contribution < -0.4 is 4.46 Å². The van der Waals surface area contributed by atoms with Crippen LogP contribution in [-0.2, 0) is 0 Å². The number of benzene rings is 1. The maximum atomic E-state index is 4.44. The maximum absolute atomic E-state index is 4.44. The molecule has 0 atom stereocenters. The van der Waals surface area contributed by atoms with E-state index in [9.17, 15) is 0 Å². The minimum atomic E-state index is 1.06. The van der Waals surface area contributed by atoms with Crippen LogP contribution in [0.5, 0.6) is 0 Å². The van der Waals surface area contributed by atoms with Crippen molar-refractivity contribution in [3.05, 3.63) is 36.0 Å². The third-order valence-corrected chi connectivity index (χ3v) is 2.51. The Labute approximate surface area is 79.6 Å². The van der Waals surface area contributed by atoms with Crippen molar-refractivity contribution in [2.45, 2.75) is 6.92 Å². The third-order valence-electron chi connectivity index (χ3n) is 1.82. The van der Waals surface area contributed by atoms with E-state index in [4.69, 9.17) is 0 Å². The Morgan fingerprint density at radius 1 is 1.17 bits per heavy atom. The van der Waals surface area contributed by atoms with Gasteiger partial charge in [-0.2, -0.15) is 0 Å². The van der Waals surface area contributed by atoms with Crippen LogP contribution in [0.4, 0.5) is 0 Å². The molecule has 1 nitrogen and oxygen atoms in total. The SMILES string of the molecule is Cc1ccc2cccc([Se])c2n1. The molecule has 1 radical (unpaired) electrons. The Morgan fingerprint density at radius 3 is 2.83 bits per heavy atom. The van der Waals surface area contributed by atoms with Gasteiger partial charge in [0.05, 0.1) is 0 Å². The zero-order valence-corrected chi connectivity index (χ0v) is 8.46. The molecule has 0 N–H and O–H groups in total. The van der Waals surface area contributed by atoms with E-state index < -0.39 is 0 Å². The first kappa shape index (κ1) is 7.78. The molecular formula is C10H8NSe. The van der Waals surface area contributed by atoms with Crippen LogP contribution in [0, 0.1) is 6.92 Å². The Balaban J connectivity index is 2.88. The predicted molar refractivity (Wildman–Crippen MR) is 51.9 cm³/mol. The molecule has 0 spiro atoms. The van der Waals surface area contributed by atoms with Crippen molar-refractivity contribution in [2.75, 3.05) is 0 Å². The molecule has 0 aliphatic rings. The monoisotopic (exact) mass is 222 g/mol. The summed E-state index contributed by atoms with van der Waals surface area (Å²) in [5, 5.41) is 1.19. The average molecular weight is 221 g/mol. The first-order valence-electron chi connectivity index (χ1n) is 3.81. The number of hydrogen-bond donors (Lipinski definition) is 0. The first-order valence-corrected chi connectivity index (χ1v) is 4.66. The number of pyridine rings is 1. The Kier molecular flexibility index (Phi) is 1.87. The van der Waals surface area contributed by atoms with Crippen LogP contribution in [0.3, 0.4) is 0 Å². The molecule has 12 heavy (non-hydrogen) atoms. The second kappa shape index (κ2) is 2.89. The van der Waals surface area contributed by atoms with E-state index in [0.29, 0.717) is 0 Å². The third kappa shape index (κ3) is 1.24. The number of fused-ring (bicyclic) bond motifs is 1. The second-order valence-electron chi connectivity index (χ2n) is 2.78. The Morgan fingerprint density at radius 2 is 2.00 bits per heavy atom. The van der Waals surface area contributed by atoms with E-state index in [-0.39, 0.29) is 0 Å². The number of para-hydroxylation sites is 1. The summed E-state index contributed by atoms with van der Waals surface area (Å²) in [5.41, 5.74) is 2.13. The quantitative estimate of drug-likeness (QED) is 0.612. The van der Waals surface area contributed by atoms with Gasteiger partial charge in [-0.1, -0.05) is 0 Å². The first-order chi connectivity index (χ1) is 5.77. The zero-order valence-electron chi connectivity index (χ0n) is 6.74. The van der Waals surface area contributed by atoms with E-state index in [1.807, 2.05) is 25.1 Å². The summed E-state index contributed by atoms with van der Waals surface area (Å²) >= 11 is 3.01. The number of nitrogens with zero attached hydrogens (tertiary/aromatic N) is 1. The van der Waals surface area contributed by atoms with Gasteiger partial charge < -0.3 is 0 Å². The number of aromatic nitrogens is 1. The fraction of sp³-hybridized carbons (Fsp3) is 0.100. The summed E-state index contributed by atoms with van der Waals surface area (Å²) in [7, 11) is 0. The van der Waals surface area contributed by atoms with Gasteiger partial charge in [0.2, 0.25) is 0 Å². The van der Waals surface area contributed by atoms with Gasteiger partial charge in [0.25, 0.3) is 0 Å². The summed E-state index contributed by atoms with van der Waals surface area (Å²) in [4.78, 5) is 4.44. The molecule has 1 aromatic heterocycles. The zero-order chi connectivity index (χ0) is 8.55. The van der Waals surface area contributed by atoms with Gasteiger partial charge in [-0.15, -0.1) is 0 Å². The molecule has 2 heteroatoms. The standard InChI is InChI=1S/C10H8NSe/c1-7-5-6-8-3-2-4-9(12)10(8)11-7/h2-6H,1H3. The van der Waals surface area contributed by atoms with Gasteiger partial charge >= 0.3 is 79.3 Å². The van der Waals surface area contributed by atoms with Crippen LogP contribution in [0.15, 0.2) is 30.3 Å². The van der Waals surface area contributed by atoms with E-state index in [0.717, 1.165) is 15.7 Å². The van der Waals surface area contributed by atoms with E-state index in [2.05, 4.69) is 33.1 Å². The summed E-state index contributed by atoms with van der Waals surface area (Å²) in [6, 6.07) is 10.3. The van der Waals surface area contributed by atoms with E-state index in [1.54, 1.807) is 0 Å². The summed E-state index contributed by atoms with van der Waals surface area (Å²) in [6.07, 6.45) is 0. The average Bonchev–Trinajstić information content (AvgIpc) is 2.07. The normalized spacial score (nSPS) is 10.4. The van der Waals surface area contributed by atoms with Crippen molar-refractivity contribution in [1.29, 1.82) is 0 Å². The number of aryl methyl sites for hydroxylation is 1. The molecule has 0 amide bonds. The van der Waals surface area contributed by atoms with Crippen molar-refractivity contribution < 1.29 is 0 Å².